The van der Waals surface area contributed by atoms with E-state index in [1.165, 1.54) is 17.7 Å². The zero-order chi connectivity index (χ0) is 14.8. The Morgan fingerprint density at radius 1 is 1.14 bits per heavy atom. The molecule has 1 aliphatic rings. The summed E-state index contributed by atoms with van der Waals surface area (Å²) in [5.74, 6) is -0.853. The van der Waals surface area contributed by atoms with Crippen LogP contribution in [-0.4, -0.2) is 5.11 Å². The molecule has 1 aliphatic carbocycles. The number of nitrogens with one attached hydrogen (secondary N) is 1. The normalized spacial score (nSPS) is 17.5. The van der Waals surface area contributed by atoms with E-state index in [1.807, 2.05) is 6.07 Å². The molecule has 2 N–H and O–H groups in total. The van der Waals surface area contributed by atoms with Crippen molar-refractivity contribution in [1.82, 2.24) is 5.32 Å². The molecule has 0 amide bonds. The number of rotatable bonds is 3. The van der Waals surface area contributed by atoms with Crippen LogP contribution in [0.15, 0.2) is 36.4 Å². The lowest BCUT2D eigenvalue weighted by Crippen LogP contribution is -2.25. The van der Waals surface area contributed by atoms with E-state index in [4.69, 9.17) is 0 Å². The Bertz CT molecular complexity index is 657. The fourth-order valence-electron chi connectivity index (χ4n) is 2.90. The van der Waals surface area contributed by atoms with Gasteiger partial charge in [-0.15, -0.1) is 0 Å². The summed E-state index contributed by atoms with van der Waals surface area (Å²) >= 11 is 0. The number of halogens is 2. The Kier molecular flexibility index (Phi) is 3.88. The lowest BCUT2D eigenvalue weighted by Gasteiger charge is -2.26. The molecular weight excluding hydrogens is 272 g/mol. The molecule has 0 bridgehead atoms. The number of hydrogen-bond acceptors (Lipinski definition) is 2. The third-order valence-corrected chi connectivity index (χ3v) is 4.00. The van der Waals surface area contributed by atoms with Gasteiger partial charge in [0.05, 0.1) is 0 Å². The minimum atomic E-state index is -0.566. The van der Waals surface area contributed by atoms with Gasteiger partial charge in [0.2, 0.25) is 0 Å². The SMILES string of the molecule is Oc1ccc2c(c1)C(NCc1ccc(F)cc1F)CCC2. The predicted molar refractivity (Wildman–Crippen MR) is 77.0 cm³/mol. The van der Waals surface area contributed by atoms with Crippen molar-refractivity contribution in [3.63, 3.8) is 0 Å². The monoisotopic (exact) mass is 289 g/mol. The van der Waals surface area contributed by atoms with Crippen LogP contribution in [0.25, 0.3) is 0 Å². The van der Waals surface area contributed by atoms with Crippen molar-refractivity contribution in [2.45, 2.75) is 31.8 Å². The fourth-order valence-corrected chi connectivity index (χ4v) is 2.90. The second-order valence-electron chi connectivity index (χ2n) is 5.44. The Labute approximate surface area is 122 Å². The van der Waals surface area contributed by atoms with E-state index in [0.717, 1.165) is 30.9 Å². The number of aromatic hydroxyl groups is 1. The average Bonchev–Trinajstić information content (AvgIpc) is 2.46. The molecule has 0 radical (unpaired) electrons. The molecule has 1 atom stereocenters. The Morgan fingerprint density at radius 2 is 2.00 bits per heavy atom. The first-order valence-electron chi connectivity index (χ1n) is 7.12. The lowest BCUT2D eigenvalue weighted by molar-refractivity contribution is 0.441. The summed E-state index contributed by atoms with van der Waals surface area (Å²) in [5, 5.41) is 12.9. The second-order valence-corrected chi connectivity index (χ2v) is 5.44. The standard InChI is InChI=1S/C17H17F2NO/c18-13-6-4-12(16(19)8-13)10-20-17-3-1-2-11-5-7-14(21)9-15(11)17/h4-9,17,20-21H,1-3,10H2. The molecule has 110 valence electrons. The molecule has 2 nitrogen and oxygen atoms in total. The van der Waals surface area contributed by atoms with Gasteiger partial charge in [0.25, 0.3) is 0 Å². The van der Waals surface area contributed by atoms with Crippen LogP contribution in [0.3, 0.4) is 0 Å². The van der Waals surface area contributed by atoms with Gasteiger partial charge in [-0.05, 0) is 48.6 Å². The van der Waals surface area contributed by atoms with E-state index in [-0.39, 0.29) is 11.8 Å². The minimum absolute atomic E-state index is 0.0882. The van der Waals surface area contributed by atoms with Crippen LogP contribution < -0.4 is 5.32 Å². The molecule has 0 saturated heterocycles. The van der Waals surface area contributed by atoms with E-state index in [2.05, 4.69) is 5.32 Å². The highest BCUT2D eigenvalue weighted by atomic mass is 19.1. The highest BCUT2D eigenvalue weighted by Crippen LogP contribution is 2.32. The third-order valence-electron chi connectivity index (χ3n) is 4.00. The Morgan fingerprint density at radius 3 is 2.81 bits per heavy atom. The van der Waals surface area contributed by atoms with E-state index in [9.17, 15) is 13.9 Å². The van der Waals surface area contributed by atoms with Crippen molar-refractivity contribution in [1.29, 1.82) is 0 Å². The topological polar surface area (TPSA) is 32.3 Å². The molecule has 0 spiro atoms. The number of benzene rings is 2. The zero-order valence-corrected chi connectivity index (χ0v) is 11.6. The number of phenolic OH excluding ortho intramolecular Hbond substituents is 1. The molecule has 0 aromatic heterocycles. The maximum atomic E-state index is 13.6. The molecule has 0 aliphatic heterocycles. The molecular formula is C17H17F2NO. The molecule has 0 heterocycles. The smallest absolute Gasteiger partial charge is 0.130 e. The van der Waals surface area contributed by atoms with E-state index < -0.39 is 11.6 Å². The second kappa shape index (κ2) is 5.82. The van der Waals surface area contributed by atoms with Gasteiger partial charge in [0, 0.05) is 24.2 Å². The molecule has 3 rings (SSSR count). The van der Waals surface area contributed by atoms with Crippen LogP contribution in [0.1, 0.15) is 35.6 Å². The van der Waals surface area contributed by atoms with Crippen molar-refractivity contribution in [3.05, 3.63) is 64.7 Å². The molecule has 4 heteroatoms. The van der Waals surface area contributed by atoms with Crippen molar-refractivity contribution in [2.75, 3.05) is 0 Å². The number of phenols is 1. The van der Waals surface area contributed by atoms with Crippen LogP contribution in [0.2, 0.25) is 0 Å². The summed E-state index contributed by atoms with van der Waals surface area (Å²) < 4.78 is 26.5. The zero-order valence-electron chi connectivity index (χ0n) is 11.6. The van der Waals surface area contributed by atoms with Crippen molar-refractivity contribution in [2.24, 2.45) is 0 Å². The maximum absolute atomic E-state index is 13.6. The van der Waals surface area contributed by atoms with Crippen LogP contribution in [0.5, 0.6) is 5.75 Å². The number of fused-ring (bicyclic) bond motifs is 1. The quantitative estimate of drug-likeness (QED) is 0.900. The highest BCUT2D eigenvalue weighted by Gasteiger charge is 2.20. The molecule has 0 fully saturated rings. The van der Waals surface area contributed by atoms with Gasteiger partial charge in [-0.1, -0.05) is 12.1 Å². The lowest BCUT2D eigenvalue weighted by atomic mass is 9.87. The van der Waals surface area contributed by atoms with E-state index in [1.54, 1.807) is 12.1 Å². The van der Waals surface area contributed by atoms with Crippen molar-refractivity contribution < 1.29 is 13.9 Å². The van der Waals surface area contributed by atoms with Crippen LogP contribution in [0, 0.1) is 11.6 Å². The van der Waals surface area contributed by atoms with Gasteiger partial charge in [0.15, 0.2) is 0 Å². The largest absolute Gasteiger partial charge is 0.508 e. The molecule has 0 saturated carbocycles. The van der Waals surface area contributed by atoms with E-state index >= 15 is 0 Å². The number of hydrogen-bond donors (Lipinski definition) is 2. The highest BCUT2D eigenvalue weighted by molar-refractivity contribution is 5.38. The first-order valence-corrected chi connectivity index (χ1v) is 7.12. The molecule has 1 unspecified atom stereocenters. The van der Waals surface area contributed by atoms with Crippen LogP contribution in [0.4, 0.5) is 8.78 Å². The summed E-state index contributed by atoms with van der Waals surface area (Å²) in [6, 6.07) is 9.12. The fraction of sp³-hybridized carbons (Fsp3) is 0.294. The van der Waals surface area contributed by atoms with Crippen LogP contribution in [-0.2, 0) is 13.0 Å². The van der Waals surface area contributed by atoms with Crippen molar-refractivity contribution >= 4 is 0 Å². The van der Waals surface area contributed by atoms with Gasteiger partial charge >= 0.3 is 0 Å². The Hall–Kier alpha value is -1.94. The van der Waals surface area contributed by atoms with Gasteiger partial charge < -0.3 is 10.4 Å². The van der Waals surface area contributed by atoms with Crippen LogP contribution >= 0.6 is 0 Å². The van der Waals surface area contributed by atoms with Gasteiger partial charge in [-0.3, -0.25) is 0 Å². The van der Waals surface area contributed by atoms with Crippen molar-refractivity contribution in [3.8, 4) is 5.75 Å². The van der Waals surface area contributed by atoms with Gasteiger partial charge in [-0.2, -0.15) is 0 Å². The average molecular weight is 289 g/mol. The summed E-state index contributed by atoms with van der Waals surface area (Å²) in [4.78, 5) is 0. The number of aryl methyl sites for hydroxylation is 1. The van der Waals surface area contributed by atoms with E-state index in [0.29, 0.717) is 12.1 Å². The molecule has 2 aromatic rings. The predicted octanol–water partition coefficient (Wildman–Crippen LogP) is 3.84. The summed E-state index contributed by atoms with van der Waals surface area (Å²) in [5.41, 5.74) is 2.74. The summed E-state index contributed by atoms with van der Waals surface area (Å²) in [7, 11) is 0. The summed E-state index contributed by atoms with van der Waals surface area (Å²) in [6.45, 7) is 0.339. The molecule has 21 heavy (non-hydrogen) atoms. The van der Waals surface area contributed by atoms with Gasteiger partial charge in [-0.25, -0.2) is 8.78 Å². The molecule has 2 aromatic carbocycles. The third kappa shape index (κ3) is 3.05. The first kappa shape index (κ1) is 14.0. The summed E-state index contributed by atoms with van der Waals surface area (Å²) in [6.07, 6.45) is 3.00. The maximum Gasteiger partial charge on any atom is 0.130 e. The van der Waals surface area contributed by atoms with Gasteiger partial charge in [0.1, 0.15) is 17.4 Å². The first-order chi connectivity index (χ1) is 10.1. The minimum Gasteiger partial charge on any atom is -0.508 e. The Balaban J connectivity index is 1.76.